The van der Waals surface area contributed by atoms with Crippen LogP contribution in [-0.4, -0.2) is 49.7 Å². The second kappa shape index (κ2) is 8.96. The Bertz CT molecular complexity index is 414. The highest BCUT2D eigenvalue weighted by Crippen LogP contribution is 2.33. The van der Waals surface area contributed by atoms with E-state index in [1.807, 2.05) is 0 Å². The Balaban J connectivity index is 5.43. The van der Waals surface area contributed by atoms with E-state index in [9.17, 15) is 24.5 Å². The number of carbonyl (C=O) groups excluding carboxylic acids is 3. The molecule has 0 aromatic carbocycles. The maximum Gasteiger partial charge on any atom is 0.315 e. The van der Waals surface area contributed by atoms with Crippen LogP contribution >= 0.6 is 0 Å². The Labute approximate surface area is 128 Å². The molecule has 0 rings (SSSR count). The molecule has 0 aromatic heterocycles. The number of carbonyl (C=O) groups is 3. The molecule has 9 heteroatoms. The molecule has 0 aliphatic rings. The summed E-state index contributed by atoms with van der Waals surface area (Å²) in [5.41, 5.74) is -1.81. The predicted molar refractivity (Wildman–Crippen MR) is 73.4 cm³/mol. The molecule has 0 saturated carbocycles. The quantitative estimate of drug-likeness (QED) is 0.264. The Kier molecular flexibility index (Phi) is 8.06. The van der Waals surface area contributed by atoms with Gasteiger partial charge in [0.1, 0.15) is 5.92 Å². The van der Waals surface area contributed by atoms with Gasteiger partial charge in [-0.25, -0.2) is 0 Å². The van der Waals surface area contributed by atoms with E-state index in [0.29, 0.717) is 0 Å². The lowest BCUT2D eigenvalue weighted by Crippen LogP contribution is -2.49. The predicted octanol–water partition coefficient (Wildman–Crippen LogP) is 0.717. The van der Waals surface area contributed by atoms with Crippen molar-refractivity contribution >= 4 is 17.9 Å². The number of hydrogen-bond acceptors (Lipinski definition) is 8. The third-order valence-corrected chi connectivity index (χ3v) is 3.70. The van der Waals surface area contributed by atoms with Crippen molar-refractivity contribution in [3.63, 3.8) is 0 Å². The first kappa shape index (κ1) is 19.8. The van der Waals surface area contributed by atoms with E-state index in [1.165, 1.54) is 6.92 Å². The Morgan fingerprint density at radius 3 is 1.68 bits per heavy atom. The molecule has 22 heavy (non-hydrogen) atoms. The molecule has 9 nitrogen and oxygen atoms in total. The van der Waals surface area contributed by atoms with Crippen molar-refractivity contribution < 1.29 is 33.5 Å². The van der Waals surface area contributed by atoms with Crippen molar-refractivity contribution in [3.8, 4) is 0 Å². The number of hydrogen-bond donors (Lipinski definition) is 0. The third-order valence-electron chi connectivity index (χ3n) is 3.70. The van der Waals surface area contributed by atoms with E-state index >= 15 is 0 Å². The lowest BCUT2D eigenvalue weighted by atomic mass is 9.78. The van der Waals surface area contributed by atoms with Crippen LogP contribution in [0.3, 0.4) is 0 Å². The summed E-state index contributed by atoms with van der Waals surface area (Å²) >= 11 is 0. The average Bonchev–Trinajstić information content (AvgIpc) is 2.52. The average molecular weight is 319 g/mol. The molecule has 126 valence electrons. The van der Waals surface area contributed by atoms with Gasteiger partial charge < -0.3 is 14.2 Å². The van der Waals surface area contributed by atoms with Gasteiger partial charge in [0.05, 0.1) is 34.2 Å². The number of nitro groups is 1. The number of methoxy groups -OCH3 is 3. The molecule has 0 N–H and O–H groups in total. The molecule has 1 unspecified atom stereocenters. The van der Waals surface area contributed by atoms with Gasteiger partial charge in [-0.15, -0.1) is 0 Å². The topological polar surface area (TPSA) is 122 Å². The maximum absolute atomic E-state index is 11.7. The maximum atomic E-state index is 11.7. The van der Waals surface area contributed by atoms with Crippen molar-refractivity contribution in [1.82, 2.24) is 0 Å². The number of nitrogens with zero attached hydrogens (tertiary/aromatic N) is 1. The van der Waals surface area contributed by atoms with Crippen LogP contribution in [0.1, 0.15) is 32.6 Å². The van der Waals surface area contributed by atoms with Crippen LogP contribution in [0.2, 0.25) is 0 Å². The summed E-state index contributed by atoms with van der Waals surface area (Å²) < 4.78 is 13.5. The molecule has 0 heterocycles. The molecule has 1 atom stereocenters. The van der Waals surface area contributed by atoms with Gasteiger partial charge in [-0.2, -0.15) is 0 Å². The lowest BCUT2D eigenvalue weighted by molar-refractivity contribution is -0.580. The minimum Gasteiger partial charge on any atom is -0.469 e. The summed E-state index contributed by atoms with van der Waals surface area (Å²) in [5, 5.41) is 11.6. The van der Waals surface area contributed by atoms with Crippen molar-refractivity contribution in [2.45, 2.75) is 38.1 Å². The van der Waals surface area contributed by atoms with Crippen LogP contribution in [0.5, 0.6) is 0 Å². The van der Waals surface area contributed by atoms with Gasteiger partial charge in [-0.1, -0.05) is 0 Å². The van der Waals surface area contributed by atoms with E-state index in [-0.39, 0.29) is 25.7 Å². The fraction of sp³-hybridized carbons (Fsp3) is 0.769. The van der Waals surface area contributed by atoms with Gasteiger partial charge in [-0.3, -0.25) is 24.5 Å². The van der Waals surface area contributed by atoms with Crippen LogP contribution in [0, 0.1) is 16.0 Å². The van der Waals surface area contributed by atoms with E-state index in [4.69, 9.17) is 0 Å². The first-order chi connectivity index (χ1) is 10.2. The van der Waals surface area contributed by atoms with E-state index in [1.54, 1.807) is 0 Å². The van der Waals surface area contributed by atoms with Gasteiger partial charge in [0.2, 0.25) is 5.54 Å². The van der Waals surface area contributed by atoms with Crippen LogP contribution in [0.4, 0.5) is 0 Å². The minimum atomic E-state index is -1.81. The third kappa shape index (κ3) is 4.97. The molecule has 0 aliphatic carbocycles. The zero-order chi connectivity index (χ0) is 17.3. The molecule has 0 aromatic rings. The standard InChI is InChI=1S/C13H21NO8/c1-9(12(17)22-4)13(14(18)19,7-5-10(15)20-2)8-6-11(16)21-3/h9H,5-8H2,1-4H3. The van der Waals surface area contributed by atoms with Crippen LogP contribution in [0.25, 0.3) is 0 Å². The van der Waals surface area contributed by atoms with Crippen molar-refractivity contribution in [3.05, 3.63) is 10.1 Å². The molecule has 0 fully saturated rings. The fourth-order valence-electron chi connectivity index (χ4n) is 2.14. The molecule has 0 spiro atoms. The Morgan fingerprint density at radius 2 is 1.41 bits per heavy atom. The summed E-state index contributed by atoms with van der Waals surface area (Å²) in [6, 6.07) is 0. The largest absolute Gasteiger partial charge is 0.469 e. The first-order valence-corrected chi connectivity index (χ1v) is 6.61. The summed E-state index contributed by atoms with van der Waals surface area (Å²) in [4.78, 5) is 45.2. The van der Waals surface area contributed by atoms with Crippen molar-refractivity contribution in [1.29, 1.82) is 0 Å². The summed E-state index contributed by atoms with van der Waals surface area (Å²) in [6.45, 7) is 1.34. The minimum absolute atomic E-state index is 0.250. The van der Waals surface area contributed by atoms with E-state index in [2.05, 4.69) is 14.2 Å². The Morgan fingerprint density at radius 1 is 1.00 bits per heavy atom. The van der Waals surface area contributed by atoms with Crippen LogP contribution in [0.15, 0.2) is 0 Å². The molecule has 0 amide bonds. The highest BCUT2D eigenvalue weighted by Gasteiger charge is 2.52. The molecule has 0 radical (unpaired) electrons. The van der Waals surface area contributed by atoms with Crippen molar-refractivity contribution in [2.24, 2.45) is 5.92 Å². The van der Waals surface area contributed by atoms with Gasteiger partial charge in [0.25, 0.3) is 0 Å². The monoisotopic (exact) mass is 319 g/mol. The summed E-state index contributed by atoms with van der Waals surface area (Å²) in [6.07, 6.45) is -1.00. The SMILES string of the molecule is COC(=O)CCC(CCC(=O)OC)(C(C)C(=O)OC)[N+](=O)[O-]. The first-order valence-electron chi connectivity index (χ1n) is 6.61. The zero-order valence-electron chi connectivity index (χ0n) is 13.1. The van der Waals surface area contributed by atoms with Crippen molar-refractivity contribution in [2.75, 3.05) is 21.3 Å². The molecule has 0 saturated heterocycles. The number of ether oxygens (including phenoxy) is 3. The van der Waals surface area contributed by atoms with E-state index < -0.39 is 34.3 Å². The lowest BCUT2D eigenvalue weighted by Gasteiger charge is -2.29. The van der Waals surface area contributed by atoms with Crippen LogP contribution in [-0.2, 0) is 28.6 Å². The molecule has 0 bridgehead atoms. The van der Waals surface area contributed by atoms with E-state index in [0.717, 1.165) is 21.3 Å². The van der Waals surface area contributed by atoms with Gasteiger partial charge >= 0.3 is 17.9 Å². The fourth-order valence-corrected chi connectivity index (χ4v) is 2.14. The molecular weight excluding hydrogens is 298 g/mol. The smallest absolute Gasteiger partial charge is 0.315 e. The van der Waals surface area contributed by atoms with Gasteiger partial charge in [0.15, 0.2) is 0 Å². The second-order valence-corrected chi connectivity index (χ2v) is 4.76. The summed E-state index contributed by atoms with van der Waals surface area (Å²) in [5.74, 6) is -3.20. The summed E-state index contributed by atoms with van der Waals surface area (Å²) in [7, 11) is 3.44. The number of rotatable bonds is 9. The van der Waals surface area contributed by atoms with Crippen LogP contribution < -0.4 is 0 Å². The Hall–Kier alpha value is -2.19. The van der Waals surface area contributed by atoms with Gasteiger partial charge in [0, 0.05) is 17.8 Å². The van der Waals surface area contributed by atoms with Gasteiger partial charge in [-0.05, 0) is 6.92 Å². The molecular formula is C13H21NO8. The highest BCUT2D eigenvalue weighted by molar-refractivity contribution is 5.74. The highest BCUT2D eigenvalue weighted by atomic mass is 16.6. The zero-order valence-corrected chi connectivity index (χ0v) is 13.1. The normalized spacial score (nSPS) is 12.2. The second-order valence-electron chi connectivity index (χ2n) is 4.76. The number of esters is 3. The molecule has 0 aliphatic heterocycles.